The molecule has 1 aliphatic heterocycles. The minimum absolute atomic E-state index is 0.702. The maximum absolute atomic E-state index is 5.53. The van der Waals surface area contributed by atoms with Crippen LogP contribution in [0.1, 0.15) is 5.56 Å². The van der Waals surface area contributed by atoms with Gasteiger partial charge in [0.1, 0.15) is 0 Å². The first kappa shape index (κ1) is 19.6. The highest BCUT2D eigenvalue weighted by Crippen LogP contribution is 2.49. The van der Waals surface area contributed by atoms with Gasteiger partial charge in [0.25, 0.3) is 0 Å². The van der Waals surface area contributed by atoms with Crippen molar-refractivity contribution in [2.24, 2.45) is 0 Å². The minimum atomic E-state index is -0.702. The molecule has 0 N–H and O–H groups in total. The lowest BCUT2D eigenvalue weighted by Gasteiger charge is -2.30. The number of allylic oxidation sites excluding steroid dienone is 1. The minimum Gasteiger partial charge on any atom is -0.378 e. The molecular weight excluding hydrogens is 373 g/mol. The summed E-state index contributed by atoms with van der Waals surface area (Å²) < 4.78 is 5.53. The summed E-state index contributed by atoms with van der Waals surface area (Å²) in [4.78, 5) is 2.33. The molecule has 1 saturated heterocycles. The molecule has 0 radical (unpaired) electrons. The van der Waals surface area contributed by atoms with Gasteiger partial charge in [0, 0.05) is 18.8 Å². The summed E-state index contributed by atoms with van der Waals surface area (Å²) in [5, 5.41) is 4.02. The van der Waals surface area contributed by atoms with Crippen LogP contribution >= 0.6 is 7.92 Å². The fourth-order valence-corrected chi connectivity index (χ4v) is 6.05. The average molecular weight is 399 g/mol. The van der Waals surface area contributed by atoms with Crippen molar-refractivity contribution in [2.45, 2.75) is 0 Å². The fraction of sp³-hybridized carbons (Fsp3) is 0.154. The van der Waals surface area contributed by atoms with E-state index >= 15 is 0 Å². The van der Waals surface area contributed by atoms with Gasteiger partial charge in [-0.2, -0.15) is 0 Å². The Bertz CT molecular complexity index is 908. The molecule has 0 aromatic heterocycles. The molecule has 0 bridgehead atoms. The maximum Gasteiger partial charge on any atom is 0.0642 e. The van der Waals surface area contributed by atoms with E-state index in [9.17, 15) is 0 Å². The average Bonchev–Trinajstić information content (AvgIpc) is 2.81. The van der Waals surface area contributed by atoms with E-state index in [2.05, 4.69) is 109 Å². The topological polar surface area (TPSA) is 12.5 Å². The Morgan fingerprint density at radius 1 is 0.759 bits per heavy atom. The van der Waals surface area contributed by atoms with Crippen LogP contribution in [0.4, 0.5) is 0 Å². The standard InChI is InChI=1S/C26H26NOP/c1-22(27-17-19-28-20-18-27)21-26(23-11-5-2-6-12-23)29(24-13-7-3-8-14-24)25-15-9-4-10-16-25/h2-16,21H,1,17-20H2/b26-21+. The molecule has 4 rings (SSSR count). The van der Waals surface area contributed by atoms with E-state index in [1.807, 2.05) is 0 Å². The van der Waals surface area contributed by atoms with Gasteiger partial charge in [-0.25, -0.2) is 0 Å². The quantitative estimate of drug-likeness (QED) is 0.427. The highest BCUT2D eigenvalue weighted by atomic mass is 31.1. The highest BCUT2D eigenvalue weighted by molar-refractivity contribution is 7.82. The predicted molar refractivity (Wildman–Crippen MR) is 125 cm³/mol. The van der Waals surface area contributed by atoms with E-state index in [4.69, 9.17) is 4.74 Å². The van der Waals surface area contributed by atoms with Gasteiger partial charge in [0.15, 0.2) is 0 Å². The number of benzene rings is 3. The first-order chi connectivity index (χ1) is 14.3. The predicted octanol–water partition coefficient (Wildman–Crippen LogP) is 5.01. The van der Waals surface area contributed by atoms with Gasteiger partial charge in [-0.1, -0.05) is 97.6 Å². The van der Waals surface area contributed by atoms with Crippen molar-refractivity contribution >= 4 is 23.8 Å². The Labute approximate surface area is 174 Å². The number of hydrogen-bond donors (Lipinski definition) is 0. The Balaban J connectivity index is 1.83. The van der Waals surface area contributed by atoms with Crippen LogP contribution in [0.5, 0.6) is 0 Å². The zero-order valence-corrected chi connectivity index (χ0v) is 17.5. The van der Waals surface area contributed by atoms with Gasteiger partial charge in [0.2, 0.25) is 0 Å². The maximum atomic E-state index is 5.53. The van der Waals surface area contributed by atoms with Crippen LogP contribution in [0.3, 0.4) is 0 Å². The van der Waals surface area contributed by atoms with Crippen LogP contribution in [0.25, 0.3) is 5.31 Å². The van der Waals surface area contributed by atoms with Crippen molar-refractivity contribution in [2.75, 3.05) is 26.3 Å². The molecule has 1 heterocycles. The zero-order chi connectivity index (χ0) is 19.9. The lowest BCUT2D eigenvalue weighted by atomic mass is 10.2. The molecular formula is C26H26NOP. The molecule has 0 atom stereocenters. The second-order valence-corrected chi connectivity index (χ2v) is 9.18. The van der Waals surface area contributed by atoms with Gasteiger partial charge in [0.05, 0.1) is 13.2 Å². The van der Waals surface area contributed by atoms with Crippen LogP contribution in [0.2, 0.25) is 0 Å². The largest absolute Gasteiger partial charge is 0.378 e. The summed E-state index contributed by atoms with van der Waals surface area (Å²) in [6.45, 7) is 7.73. The van der Waals surface area contributed by atoms with E-state index in [1.165, 1.54) is 21.5 Å². The number of hydrogen-bond acceptors (Lipinski definition) is 2. The second kappa shape index (κ2) is 9.69. The van der Waals surface area contributed by atoms with Crippen molar-refractivity contribution in [3.63, 3.8) is 0 Å². The molecule has 1 fully saturated rings. The zero-order valence-electron chi connectivity index (χ0n) is 16.6. The summed E-state index contributed by atoms with van der Waals surface area (Å²) in [7, 11) is -0.702. The Hall–Kier alpha value is -2.67. The first-order valence-corrected chi connectivity index (χ1v) is 11.4. The molecule has 3 heteroatoms. The van der Waals surface area contributed by atoms with Crippen molar-refractivity contribution < 1.29 is 4.74 Å². The normalized spacial score (nSPS) is 14.8. The third-order valence-electron chi connectivity index (χ3n) is 5.06. The summed E-state index contributed by atoms with van der Waals surface area (Å²) in [6, 6.07) is 32.4. The van der Waals surface area contributed by atoms with E-state index in [1.54, 1.807) is 0 Å². The summed E-state index contributed by atoms with van der Waals surface area (Å²) in [5.74, 6) is 0. The molecule has 1 aliphatic rings. The molecule has 3 aromatic carbocycles. The monoisotopic (exact) mass is 399 g/mol. The number of rotatable bonds is 6. The number of ether oxygens (including phenoxy) is 1. The van der Waals surface area contributed by atoms with Crippen LogP contribution in [-0.2, 0) is 4.74 Å². The van der Waals surface area contributed by atoms with E-state index < -0.39 is 7.92 Å². The summed E-state index contributed by atoms with van der Waals surface area (Å²) in [5.41, 5.74) is 2.31. The SMILES string of the molecule is C=C(/C=C(\c1ccccc1)P(c1ccccc1)c1ccccc1)N1CCOCC1. The highest BCUT2D eigenvalue weighted by Gasteiger charge is 2.21. The molecule has 0 amide bonds. The number of nitrogens with zero attached hydrogens (tertiary/aromatic N) is 1. The van der Waals surface area contributed by atoms with Crippen LogP contribution in [-0.4, -0.2) is 31.2 Å². The molecule has 146 valence electrons. The molecule has 0 aliphatic carbocycles. The lowest BCUT2D eigenvalue weighted by Crippen LogP contribution is -2.34. The van der Waals surface area contributed by atoms with E-state index in [0.717, 1.165) is 32.0 Å². The first-order valence-electron chi connectivity index (χ1n) is 10.0. The molecule has 29 heavy (non-hydrogen) atoms. The van der Waals surface area contributed by atoms with Crippen molar-refractivity contribution in [1.29, 1.82) is 0 Å². The lowest BCUT2D eigenvalue weighted by molar-refractivity contribution is 0.0556. The second-order valence-electron chi connectivity index (χ2n) is 6.99. The third kappa shape index (κ3) is 4.85. The molecule has 2 nitrogen and oxygen atoms in total. The Morgan fingerprint density at radius 2 is 1.24 bits per heavy atom. The molecule has 3 aromatic rings. The summed E-state index contributed by atoms with van der Waals surface area (Å²) in [6.07, 6.45) is 2.30. The Morgan fingerprint density at radius 3 is 1.76 bits per heavy atom. The van der Waals surface area contributed by atoms with Gasteiger partial charge in [-0.15, -0.1) is 0 Å². The summed E-state index contributed by atoms with van der Waals surface area (Å²) >= 11 is 0. The van der Waals surface area contributed by atoms with Crippen LogP contribution < -0.4 is 10.6 Å². The van der Waals surface area contributed by atoms with Crippen LogP contribution in [0, 0.1) is 0 Å². The fourth-order valence-electron chi connectivity index (χ4n) is 3.57. The smallest absolute Gasteiger partial charge is 0.0642 e. The van der Waals surface area contributed by atoms with E-state index in [-0.39, 0.29) is 0 Å². The van der Waals surface area contributed by atoms with Crippen molar-refractivity contribution in [3.8, 4) is 0 Å². The van der Waals surface area contributed by atoms with Crippen molar-refractivity contribution in [3.05, 3.63) is 115 Å². The van der Waals surface area contributed by atoms with Crippen molar-refractivity contribution in [1.82, 2.24) is 4.90 Å². The van der Waals surface area contributed by atoms with Gasteiger partial charge >= 0.3 is 0 Å². The molecule has 0 spiro atoms. The molecule has 0 unspecified atom stereocenters. The van der Waals surface area contributed by atoms with Crippen LogP contribution in [0.15, 0.2) is 109 Å². The Kier molecular flexibility index (Phi) is 6.56. The molecule has 0 saturated carbocycles. The number of morpholine rings is 1. The third-order valence-corrected chi connectivity index (χ3v) is 7.56. The van der Waals surface area contributed by atoms with Gasteiger partial charge in [-0.05, 0) is 35.5 Å². The van der Waals surface area contributed by atoms with E-state index in [0.29, 0.717) is 0 Å². The van der Waals surface area contributed by atoms with Gasteiger partial charge < -0.3 is 9.64 Å². The van der Waals surface area contributed by atoms with Gasteiger partial charge in [-0.3, -0.25) is 0 Å².